The van der Waals surface area contributed by atoms with Crippen molar-refractivity contribution in [3.05, 3.63) is 33.8 Å². The Balaban J connectivity index is 2.65. The fourth-order valence-corrected chi connectivity index (χ4v) is 1.96. The fraction of sp³-hybridized carbons (Fsp3) is 0.500. The Bertz CT molecular complexity index is 331. The van der Waals surface area contributed by atoms with Gasteiger partial charge in [-0.2, -0.15) is 0 Å². The summed E-state index contributed by atoms with van der Waals surface area (Å²) in [5, 5.41) is 4.74. The van der Waals surface area contributed by atoms with E-state index in [4.69, 9.17) is 27.9 Å². The van der Waals surface area contributed by atoms with Crippen LogP contribution in [0.4, 0.5) is 0 Å². The second kappa shape index (κ2) is 7.13. The van der Waals surface area contributed by atoms with Gasteiger partial charge in [0.2, 0.25) is 0 Å². The number of nitrogens with one attached hydrogen (secondary N) is 1. The molecule has 0 aliphatic rings. The van der Waals surface area contributed by atoms with E-state index in [1.165, 1.54) is 0 Å². The average Bonchev–Trinajstić information content (AvgIpc) is 2.28. The average molecular weight is 262 g/mol. The summed E-state index contributed by atoms with van der Waals surface area (Å²) >= 11 is 12.1. The number of methoxy groups -OCH3 is 1. The third-order valence-corrected chi connectivity index (χ3v) is 3.16. The lowest BCUT2D eigenvalue weighted by Gasteiger charge is -2.16. The zero-order valence-electron chi connectivity index (χ0n) is 9.59. The number of hydrogen-bond acceptors (Lipinski definition) is 2. The van der Waals surface area contributed by atoms with Gasteiger partial charge in [-0.3, -0.25) is 0 Å². The summed E-state index contributed by atoms with van der Waals surface area (Å²) in [7, 11) is 3.65. The molecule has 0 amide bonds. The smallest absolute Gasteiger partial charge is 0.0477 e. The van der Waals surface area contributed by atoms with Crippen LogP contribution in [0.2, 0.25) is 10.0 Å². The van der Waals surface area contributed by atoms with E-state index < -0.39 is 0 Å². The van der Waals surface area contributed by atoms with Crippen LogP contribution in [-0.4, -0.2) is 26.8 Å². The van der Waals surface area contributed by atoms with Gasteiger partial charge in [-0.1, -0.05) is 23.2 Å². The number of benzene rings is 1. The van der Waals surface area contributed by atoms with E-state index >= 15 is 0 Å². The Morgan fingerprint density at radius 3 is 2.75 bits per heavy atom. The van der Waals surface area contributed by atoms with Gasteiger partial charge in [-0.15, -0.1) is 0 Å². The Morgan fingerprint density at radius 1 is 1.38 bits per heavy atom. The first kappa shape index (κ1) is 13.8. The van der Waals surface area contributed by atoms with Gasteiger partial charge < -0.3 is 10.1 Å². The van der Waals surface area contributed by atoms with E-state index in [9.17, 15) is 0 Å². The second-order valence-electron chi connectivity index (χ2n) is 3.71. The largest absolute Gasteiger partial charge is 0.385 e. The molecule has 0 aliphatic carbocycles. The number of halogens is 2. The topological polar surface area (TPSA) is 21.3 Å². The highest BCUT2D eigenvalue weighted by atomic mass is 35.5. The molecule has 4 heteroatoms. The van der Waals surface area contributed by atoms with Crippen molar-refractivity contribution in [1.29, 1.82) is 0 Å². The highest BCUT2D eigenvalue weighted by molar-refractivity contribution is 6.33. The van der Waals surface area contributed by atoms with Crippen molar-refractivity contribution in [2.45, 2.75) is 18.9 Å². The number of likely N-dealkylation sites (N-methyl/N-ethyl adjacent to an activating group) is 1. The van der Waals surface area contributed by atoms with Gasteiger partial charge in [0.25, 0.3) is 0 Å². The summed E-state index contributed by atoms with van der Waals surface area (Å²) in [6.07, 6.45) is 1.81. The number of ether oxygens (including phenoxy) is 1. The van der Waals surface area contributed by atoms with Crippen molar-refractivity contribution in [1.82, 2.24) is 5.32 Å². The molecule has 0 spiro atoms. The molecule has 0 saturated heterocycles. The van der Waals surface area contributed by atoms with Crippen LogP contribution in [0, 0.1) is 0 Å². The van der Waals surface area contributed by atoms with Crippen molar-refractivity contribution in [3.8, 4) is 0 Å². The van der Waals surface area contributed by atoms with Crippen LogP contribution >= 0.6 is 23.2 Å². The molecule has 1 unspecified atom stereocenters. The van der Waals surface area contributed by atoms with Crippen LogP contribution < -0.4 is 5.32 Å². The molecule has 0 bridgehead atoms. The highest BCUT2D eigenvalue weighted by Crippen LogP contribution is 2.22. The quantitative estimate of drug-likeness (QED) is 0.850. The molecule has 1 aromatic carbocycles. The molecule has 0 saturated carbocycles. The van der Waals surface area contributed by atoms with Gasteiger partial charge in [0.05, 0.1) is 0 Å². The van der Waals surface area contributed by atoms with Crippen molar-refractivity contribution in [2.75, 3.05) is 20.8 Å². The predicted molar refractivity (Wildman–Crippen MR) is 69.5 cm³/mol. The Labute approximate surface area is 107 Å². The molecule has 0 aromatic heterocycles. The third-order valence-electron chi connectivity index (χ3n) is 2.55. The number of rotatable bonds is 6. The minimum Gasteiger partial charge on any atom is -0.385 e. The van der Waals surface area contributed by atoms with Crippen LogP contribution in [-0.2, 0) is 11.2 Å². The summed E-state index contributed by atoms with van der Waals surface area (Å²) in [6.45, 7) is 0.740. The predicted octanol–water partition coefficient (Wildman–Crippen LogP) is 3.16. The summed E-state index contributed by atoms with van der Waals surface area (Å²) in [5.74, 6) is 0. The standard InChI is InChI=1S/C12H17Cl2NO/c1-15-11(5-6-16-2)8-9-7-10(13)3-4-12(9)14/h3-4,7,11,15H,5-6,8H2,1-2H3. The van der Waals surface area contributed by atoms with E-state index in [2.05, 4.69) is 5.32 Å². The molecule has 0 radical (unpaired) electrons. The molecule has 0 heterocycles. The second-order valence-corrected chi connectivity index (χ2v) is 4.55. The molecule has 1 aromatic rings. The molecule has 90 valence electrons. The normalized spacial score (nSPS) is 12.8. The molecular weight excluding hydrogens is 245 g/mol. The van der Waals surface area contributed by atoms with Gasteiger partial charge >= 0.3 is 0 Å². The molecule has 2 nitrogen and oxygen atoms in total. The third kappa shape index (κ3) is 4.30. The zero-order chi connectivity index (χ0) is 12.0. The van der Waals surface area contributed by atoms with E-state index in [-0.39, 0.29) is 0 Å². The van der Waals surface area contributed by atoms with Gasteiger partial charge in [0, 0.05) is 29.8 Å². The lowest BCUT2D eigenvalue weighted by molar-refractivity contribution is 0.184. The van der Waals surface area contributed by atoms with E-state index in [1.807, 2.05) is 19.2 Å². The van der Waals surface area contributed by atoms with E-state index in [1.54, 1.807) is 13.2 Å². The maximum Gasteiger partial charge on any atom is 0.0477 e. The van der Waals surface area contributed by atoms with E-state index in [0.29, 0.717) is 6.04 Å². The van der Waals surface area contributed by atoms with Crippen LogP contribution in [0.25, 0.3) is 0 Å². The first-order valence-corrected chi connectivity index (χ1v) is 6.03. The van der Waals surface area contributed by atoms with Crippen LogP contribution in [0.3, 0.4) is 0 Å². The summed E-state index contributed by atoms with van der Waals surface area (Å²) in [5.41, 5.74) is 1.07. The van der Waals surface area contributed by atoms with Crippen molar-refractivity contribution < 1.29 is 4.74 Å². The number of hydrogen-bond donors (Lipinski definition) is 1. The maximum atomic E-state index is 6.11. The lowest BCUT2D eigenvalue weighted by Crippen LogP contribution is -2.29. The Morgan fingerprint density at radius 2 is 2.12 bits per heavy atom. The molecule has 16 heavy (non-hydrogen) atoms. The Hall–Kier alpha value is -0.280. The first-order chi connectivity index (χ1) is 7.67. The highest BCUT2D eigenvalue weighted by Gasteiger charge is 2.10. The minimum atomic E-state index is 0.357. The van der Waals surface area contributed by atoms with Crippen LogP contribution in [0.1, 0.15) is 12.0 Å². The molecule has 1 atom stereocenters. The Kier molecular flexibility index (Phi) is 6.14. The summed E-state index contributed by atoms with van der Waals surface area (Å²) in [6, 6.07) is 5.91. The fourth-order valence-electron chi connectivity index (χ4n) is 1.57. The minimum absolute atomic E-state index is 0.357. The molecular formula is C12H17Cl2NO. The van der Waals surface area contributed by atoms with Crippen molar-refractivity contribution in [3.63, 3.8) is 0 Å². The van der Waals surface area contributed by atoms with Gasteiger partial charge in [0.1, 0.15) is 0 Å². The van der Waals surface area contributed by atoms with Crippen molar-refractivity contribution >= 4 is 23.2 Å². The van der Waals surface area contributed by atoms with Crippen molar-refractivity contribution in [2.24, 2.45) is 0 Å². The van der Waals surface area contributed by atoms with Gasteiger partial charge in [-0.05, 0) is 43.7 Å². The van der Waals surface area contributed by atoms with Gasteiger partial charge in [-0.25, -0.2) is 0 Å². The first-order valence-electron chi connectivity index (χ1n) is 5.27. The summed E-state index contributed by atoms with van der Waals surface area (Å²) in [4.78, 5) is 0. The molecule has 1 rings (SSSR count). The summed E-state index contributed by atoms with van der Waals surface area (Å²) < 4.78 is 5.07. The SMILES string of the molecule is CNC(CCOC)Cc1cc(Cl)ccc1Cl. The monoisotopic (exact) mass is 261 g/mol. The van der Waals surface area contributed by atoms with E-state index in [0.717, 1.165) is 35.1 Å². The molecule has 0 fully saturated rings. The molecule has 0 aliphatic heterocycles. The lowest BCUT2D eigenvalue weighted by atomic mass is 10.0. The molecule has 1 N–H and O–H groups in total. The zero-order valence-corrected chi connectivity index (χ0v) is 11.1. The maximum absolute atomic E-state index is 6.11. The van der Waals surface area contributed by atoms with Crippen LogP contribution in [0.5, 0.6) is 0 Å². The van der Waals surface area contributed by atoms with Gasteiger partial charge in [0.15, 0.2) is 0 Å². The van der Waals surface area contributed by atoms with Crippen LogP contribution in [0.15, 0.2) is 18.2 Å².